The van der Waals surface area contributed by atoms with Gasteiger partial charge in [-0.25, -0.2) is 0 Å². The van der Waals surface area contributed by atoms with Crippen LogP contribution in [-0.4, -0.2) is 23.8 Å². The van der Waals surface area contributed by atoms with Gasteiger partial charge < -0.3 is 5.32 Å². The number of hydrogen-bond acceptors (Lipinski definition) is 4. The first-order chi connectivity index (χ1) is 11.1. The first-order valence-electron chi connectivity index (χ1n) is 8.16. The molecule has 0 atom stereocenters. The number of thiophene rings is 1. The number of hydrogen-bond donors (Lipinski definition) is 3. The third-order valence-corrected chi connectivity index (χ3v) is 5.36. The van der Waals surface area contributed by atoms with E-state index in [1.807, 2.05) is 6.07 Å². The number of fused-ring (bicyclic) bond motifs is 1. The molecule has 2 aliphatic carbocycles. The van der Waals surface area contributed by atoms with Gasteiger partial charge in [-0.3, -0.25) is 25.2 Å². The van der Waals surface area contributed by atoms with E-state index in [4.69, 9.17) is 0 Å². The number of carbonyl (C=O) groups excluding carboxylic acids is 3. The minimum atomic E-state index is -0.833. The second-order valence-electron chi connectivity index (χ2n) is 6.13. The second kappa shape index (κ2) is 7.12. The maximum Gasteiger partial charge on any atom is 0.327 e. The van der Waals surface area contributed by atoms with Crippen LogP contribution in [0.3, 0.4) is 0 Å². The summed E-state index contributed by atoms with van der Waals surface area (Å²) >= 11 is 1.48. The molecular weight excluding hydrogens is 314 g/mol. The van der Waals surface area contributed by atoms with E-state index in [1.54, 1.807) is 0 Å². The smallest absolute Gasteiger partial charge is 0.327 e. The summed E-state index contributed by atoms with van der Waals surface area (Å²) in [5.74, 6) is -1.90. The van der Waals surface area contributed by atoms with Crippen LogP contribution in [0.5, 0.6) is 0 Å². The van der Waals surface area contributed by atoms with Gasteiger partial charge in [0.05, 0.1) is 4.88 Å². The Morgan fingerprint density at radius 2 is 1.70 bits per heavy atom. The highest BCUT2D eigenvalue weighted by atomic mass is 32.1. The van der Waals surface area contributed by atoms with E-state index < -0.39 is 11.8 Å². The summed E-state index contributed by atoms with van der Waals surface area (Å²) in [6.07, 6.45) is 8.64. The monoisotopic (exact) mass is 335 g/mol. The van der Waals surface area contributed by atoms with Crippen molar-refractivity contribution in [2.75, 3.05) is 0 Å². The molecule has 0 spiro atoms. The van der Waals surface area contributed by atoms with E-state index in [2.05, 4.69) is 16.2 Å². The molecule has 2 aliphatic rings. The fourth-order valence-electron chi connectivity index (χ4n) is 2.67. The molecule has 3 rings (SSSR count). The molecule has 6 nitrogen and oxygen atoms in total. The van der Waals surface area contributed by atoms with Gasteiger partial charge >= 0.3 is 11.8 Å². The zero-order valence-electron chi connectivity index (χ0n) is 12.9. The van der Waals surface area contributed by atoms with Crippen LogP contribution in [0.15, 0.2) is 6.07 Å². The SMILES string of the molecule is O=C(NNC(=O)c1cc2c(s1)CCCCCC2)C(=O)NC1CC1. The van der Waals surface area contributed by atoms with Gasteiger partial charge in [0.1, 0.15) is 0 Å². The molecule has 23 heavy (non-hydrogen) atoms. The molecule has 0 saturated heterocycles. The zero-order valence-corrected chi connectivity index (χ0v) is 13.8. The quantitative estimate of drug-likeness (QED) is 0.565. The number of rotatable bonds is 2. The standard InChI is InChI=1S/C16H21N3O3S/c20-14(18-19-16(22)15(21)17-11-7-8-11)13-9-10-5-3-1-2-4-6-12(10)23-13/h9,11H,1-8H2,(H,17,21)(H,18,20)(H,19,22). The van der Waals surface area contributed by atoms with Crippen LogP contribution < -0.4 is 16.2 Å². The zero-order chi connectivity index (χ0) is 16.2. The Morgan fingerprint density at radius 3 is 2.43 bits per heavy atom. The number of carbonyl (C=O) groups is 3. The summed E-state index contributed by atoms with van der Waals surface area (Å²) in [7, 11) is 0. The molecule has 3 amide bonds. The molecule has 1 heterocycles. The van der Waals surface area contributed by atoms with Crippen LogP contribution in [0, 0.1) is 0 Å². The molecule has 1 saturated carbocycles. The van der Waals surface area contributed by atoms with Gasteiger partial charge in [0.15, 0.2) is 0 Å². The molecule has 0 aliphatic heterocycles. The number of aryl methyl sites for hydroxylation is 2. The lowest BCUT2D eigenvalue weighted by Gasteiger charge is -2.07. The number of nitrogens with one attached hydrogen (secondary N) is 3. The lowest BCUT2D eigenvalue weighted by Crippen LogP contribution is -2.48. The largest absolute Gasteiger partial charge is 0.345 e. The molecule has 0 radical (unpaired) electrons. The van der Waals surface area contributed by atoms with Gasteiger partial charge in [-0.1, -0.05) is 12.8 Å². The molecule has 124 valence electrons. The second-order valence-corrected chi connectivity index (χ2v) is 7.27. The van der Waals surface area contributed by atoms with Crippen LogP contribution in [0.25, 0.3) is 0 Å². The summed E-state index contributed by atoms with van der Waals surface area (Å²) < 4.78 is 0. The summed E-state index contributed by atoms with van der Waals surface area (Å²) in [6, 6.07) is 2.03. The summed E-state index contributed by atoms with van der Waals surface area (Å²) in [5.41, 5.74) is 5.75. The van der Waals surface area contributed by atoms with Crippen molar-refractivity contribution in [2.45, 2.75) is 57.4 Å². The highest BCUT2D eigenvalue weighted by Gasteiger charge is 2.26. The Balaban J connectivity index is 1.54. The van der Waals surface area contributed by atoms with Crippen LogP contribution in [0.2, 0.25) is 0 Å². The van der Waals surface area contributed by atoms with E-state index in [0.29, 0.717) is 4.88 Å². The van der Waals surface area contributed by atoms with Crippen molar-refractivity contribution in [1.82, 2.24) is 16.2 Å². The van der Waals surface area contributed by atoms with Gasteiger partial charge in [-0.05, 0) is 50.2 Å². The van der Waals surface area contributed by atoms with Crippen molar-refractivity contribution in [3.63, 3.8) is 0 Å². The van der Waals surface area contributed by atoms with Gasteiger partial charge in [-0.15, -0.1) is 11.3 Å². The number of amides is 3. The normalized spacial score (nSPS) is 17.4. The van der Waals surface area contributed by atoms with E-state index in [-0.39, 0.29) is 11.9 Å². The van der Waals surface area contributed by atoms with Crippen LogP contribution in [0.4, 0.5) is 0 Å². The lowest BCUT2D eigenvalue weighted by molar-refractivity contribution is -0.139. The third-order valence-electron chi connectivity index (χ3n) is 4.13. The Morgan fingerprint density at radius 1 is 0.957 bits per heavy atom. The molecule has 1 fully saturated rings. The Hall–Kier alpha value is -1.89. The fraction of sp³-hybridized carbons (Fsp3) is 0.562. The van der Waals surface area contributed by atoms with Crippen LogP contribution >= 0.6 is 11.3 Å². The van der Waals surface area contributed by atoms with Crippen LogP contribution in [-0.2, 0) is 22.4 Å². The molecule has 7 heteroatoms. The molecule has 0 bridgehead atoms. The third kappa shape index (κ3) is 4.31. The molecule has 3 N–H and O–H groups in total. The van der Waals surface area contributed by atoms with E-state index in [9.17, 15) is 14.4 Å². The number of hydrazine groups is 1. The Bertz CT molecular complexity index is 597. The minimum absolute atomic E-state index is 0.112. The summed E-state index contributed by atoms with van der Waals surface area (Å²) in [5, 5.41) is 2.57. The van der Waals surface area contributed by atoms with Crippen molar-refractivity contribution < 1.29 is 14.4 Å². The highest BCUT2D eigenvalue weighted by molar-refractivity contribution is 7.14. The topological polar surface area (TPSA) is 87.3 Å². The van der Waals surface area contributed by atoms with Crippen molar-refractivity contribution in [3.05, 3.63) is 21.4 Å². The van der Waals surface area contributed by atoms with E-state index in [0.717, 1.165) is 38.5 Å². The van der Waals surface area contributed by atoms with Crippen LogP contribution in [0.1, 0.15) is 58.6 Å². The fourth-order valence-corrected chi connectivity index (χ4v) is 3.82. The molecule has 1 aromatic heterocycles. The Kier molecular flexibility index (Phi) is 4.95. The molecule has 1 aromatic rings. The first kappa shape index (κ1) is 16.0. The average molecular weight is 335 g/mol. The molecule has 0 aromatic carbocycles. The van der Waals surface area contributed by atoms with Gasteiger partial charge in [0.2, 0.25) is 0 Å². The summed E-state index contributed by atoms with van der Waals surface area (Å²) in [6.45, 7) is 0. The van der Waals surface area contributed by atoms with Crippen molar-refractivity contribution in [3.8, 4) is 0 Å². The maximum absolute atomic E-state index is 12.1. The predicted molar refractivity (Wildman–Crippen MR) is 87.0 cm³/mol. The molecular formula is C16H21N3O3S. The van der Waals surface area contributed by atoms with Crippen molar-refractivity contribution >= 4 is 29.1 Å². The van der Waals surface area contributed by atoms with Gasteiger partial charge in [-0.2, -0.15) is 0 Å². The minimum Gasteiger partial charge on any atom is -0.345 e. The molecule has 0 unspecified atom stereocenters. The van der Waals surface area contributed by atoms with Gasteiger partial charge in [0.25, 0.3) is 5.91 Å². The predicted octanol–water partition coefficient (Wildman–Crippen LogP) is 1.45. The van der Waals surface area contributed by atoms with Gasteiger partial charge in [0, 0.05) is 10.9 Å². The maximum atomic E-state index is 12.1. The van der Waals surface area contributed by atoms with E-state index in [1.165, 1.54) is 34.6 Å². The average Bonchev–Trinajstić information content (AvgIpc) is 3.24. The van der Waals surface area contributed by atoms with Crippen molar-refractivity contribution in [2.24, 2.45) is 0 Å². The highest BCUT2D eigenvalue weighted by Crippen LogP contribution is 2.28. The van der Waals surface area contributed by atoms with Crippen molar-refractivity contribution in [1.29, 1.82) is 0 Å². The lowest BCUT2D eigenvalue weighted by atomic mass is 10.00. The van der Waals surface area contributed by atoms with E-state index >= 15 is 0 Å². The Labute approximate surface area is 139 Å². The summed E-state index contributed by atoms with van der Waals surface area (Å²) in [4.78, 5) is 37.1. The first-order valence-corrected chi connectivity index (χ1v) is 8.98.